The molecule has 0 atom stereocenters. The third kappa shape index (κ3) is 5.69. The van der Waals surface area contributed by atoms with Gasteiger partial charge in [-0.1, -0.05) is 94.3 Å². The number of ketones is 1. The fourth-order valence-corrected chi connectivity index (χ4v) is 4.10. The number of halogens is 2. The number of nitrogens with zero attached hydrogens (tertiary/aromatic N) is 3. The molecular formula is C29H19BrClN3O3. The number of hydrogen-bond donors (Lipinski definition) is 0. The van der Waals surface area contributed by atoms with Gasteiger partial charge in [0.1, 0.15) is 0 Å². The number of rotatable bonds is 7. The van der Waals surface area contributed by atoms with Crippen LogP contribution in [0, 0.1) is 0 Å². The molecular weight excluding hydrogens is 554 g/mol. The number of aromatic nitrogens is 3. The second kappa shape index (κ2) is 10.9. The Balaban J connectivity index is 1.34. The fourth-order valence-electron chi connectivity index (χ4n) is 3.70. The Morgan fingerprint density at radius 1 is 0.784 bits per heavy atom. The molecule has 0 amide bonds. The van der Waals surface area contributed by atoms with Crippen LogP contribution >= 0.6 is 27.5 Å². The predicted molar refractivity (Wildman–Crippen MR) is 146 cm³/mol. The van der Waals surface area contributed by atoms with E-state index in [2.05, 4.69) is 26.0 Å². The molecule has 4 aromatic carbocycles. The summed E-state index contributed by atoms with van der Waals surface area (Å²) >= 11 is 9.46. The van der Waals surface area contributed by atoms with Crippen molar-refractivity contribution in [2.75, 3.05) is 6.61 Å². The lowest BCUT2D eigenvalue weighted by Gasteiger charge is -2.06. The first-order chi connectivity index (χ1) is 18.0. The zero-order chi connectivity index (χ0) is 25.8. The van der Waals surface area contributed by atoms with E-state index in [4.69, 9.17) is 16.3 Å². The second-order valence-electron chi connectivity index (χ2n) is 8.10. The molecule has 0 saturated heterocycles. The molecule has 0 N–H and O–H groups in total. The zero-order valence-electron chi connectivity index (χ0n) is 19.3. The summed E-state index contributed by atoms with van der Waals surface area (Å²) in [6.45, 7) is -0.424. The van der Waals surface area contributed by atoms with E-state index in [1.807, 2.05) is 66.7 Å². The Morgan fingerprint density at radius 2 is 1.41 bits per heavy atom. The number of Topliss-reactive ketones (excluding diaryl/α,β-unsaturated/α-hetero) is 1. The van der Waals surface area contributed by atoms with Crippen molar-refractivity contribution in [1.82, 2.24) is 14.8 Å². The summed E-state index contributed by atoms with van der Waals surface area (Å²) < 4.78 is 7.73. The van der Waals surface area contributed by atoms with E-state index in [0.717, 1.165) is 21.2 Å². The number of carbonyl (C=O) groups is 2. The topological polar surface area (TPSA) is 74.1 Å². The first-order valence-corrected chi connectivity index (χ1v) is 12.5. The molecule has 8 heteroatoms. The summed E-state index contributed by atoms with van der Waals surface area (Å²) in [7, 11) is 0. The van der Waals surface area contributed by atoms with E-state index in [-0.39, 0.29) is 11.6 Å². The smallest absolute Gasteiger partial charge is 0.378 e. The lowest BCUT2D eigenvalue weighted by Crippen LogP contribution is -2.15. The maximum Gasteiger partial charge on any atom is 0.378 e. The Labute approximate surface area is 226 Å². The molecule has 5 rings (SSSR count). The monoisotopic (exact) mass is 571 g/mol. The van der Waals surface area contributed by atoms with Gasteiger partial charge in [0.05, 0.1) is 5.69 Å². The van der Waals surface area contributed by atoms with E-state index in [0.29, 0.717) is 22.1 Å². The average molecular weight is 573 g/mol. The fraction of sp³-hybridized carbons (Fsp3) is 0.0345. The van der Waals surface area contributed by atoms with Gasteiger partial charge in [-0.3, -0.25) is 4.79 Å². The molecule has 6 nitrogen and oxygen atoms in total. The van der Waals surface area contributed by atoms with Crippen molar-refractivity contribution >= 4 is 39.3 Å². The number of esters is 1. The first kappa shape index (κ1) is 24.6. The maximum atomic E-state index is 12.8. The highest BCUT2D eigenvalue weighted by Gasteiger charge is 2.21. The van der Waals surface area contributed by atoms with Gasteiger partial charge in [0.2, 0.25) is 0 Å². The predicted octanol–water partition coefficient (Wildman–Crippen LogP) is 7.06. The Hall–Kier alpha value is -4.07. The Morgan fingerprint density at radius 3 is 2.08 bits per heavy atom. The van der Waals surface area contributed by atoms with Gasteiger partial charge in [-0.05, 0) is 47.5 Å². The third-order valence-corrected chi connectivity index (χ3v) is 6.39. The summed E-state index contributed by atoms with van der Waals surface area (Å²) in [5.74, 6) is -0.816. The van der Waals surface area contributed by atoms with Crippen LogP contribution < -0.4 is 0 Å². The lowest BCUT2D eigenvalue weighted by atomic mass is 10.0. The van der Waals surface area contributed by atoms with Crippen LogP contribution in [0.2, 0.25) is 5.02 Å². The van der Waals surface area contributed by atoms with Crippen molar-refractivity contribution in [2.24, 2.45) is 0 Å². The van der Waals surface area contributed by atoms with Crippen LogP contribution in [0.4, 0.5) is 0 Å². The average Bonchev–Trinajstić information content (AvgIpc) is 3.38. The minimum Gasteiger partial charge on any atom is -0.451 e. The van der Waals surface area contributed by atoms with Gasteiger partial charge < -0.3 is 4.74 Å². The highest BCUT2D eigenvalue weighted by molar-refractivity contribution is 9.10. The van der Waals surface area contributed by atoms with Crippen LogP contribution in [0.5, 0.6) is 0 Å². The Bertz CT molecular complexity index is 1490. The molecule has 5 aromatic rings. The minimum absolute atomic E-state index is 0.153. The first-order valence-electron chi connectivity index (χ1n) is 11.3. The van der Waals surface area contributed by atoms with Gasteiger partial charge in [-0.15, -0.1) is 5.10 Å². The molecule has 0 spiro atoms. The molecule has 1 aromatic heterocycles. The summed E-state index contributed by atoms with van der Waals surface area (Å²) in [6, 6.07) is 31.5. The lowest BCUT2D eigenvalue weighted by molar-refractivity contribution is 0.0462. The van der Waals surface area contributed by atoms with Crippen LogP contribution in [-0.4, -0.2) is 33.1 Å². The largest absolute Gasteiger partial charge is 0.451 e. The third-order valence-electron chi connectivity index (χ3n) is 5.61. The van der Waals surface area contributed by atoms with Crippen LogP contribution in [-0.2, 0) is 4.74 Å². The molecule has 0 aliphatic rings. The number of hydrogen-bond acceptors (Lipinski definition) is 5. The van der Waals surface area contributed by atoms with Crippen molar-refractivity contribution in [3.05, 3.63) is 124 Å². The van der Waals surface area contributed by atoms with Gasteiger partial charge in [-0.25, -0.2) is 14.5 Å². The van der Waals surface area contributed by atoms with Crippen molar-refractivity contribution in [1.29, 1.82) is 0 Å². The summed E-state index contributed by atoms with van der Waals surface area (Å²) in [6.07, 6.45) is 0. The molecule has 0 saturated carbocycles. The summed E-state index contributed by atoms with van der Waals surface area (Å²) in [5, 5.41) is 4.94. The van der Waals surface area contributed by atoms with E-state index >= 15 is 0 Å². The molecule has 0 fully saturated rings. The molecule has 182 valence electrons. The van der Waals surface area contributed by atoms with Gasteiger partial charge in [-0.2, -0.15) is 0 Å². The van der Waals surface area contributed by atoms with Gasteiger partial charge in [0.15, 0.2) is 18.2 Å². The minimum atomic E-state index is -0.791. The second-order valence-corrected chi connectivity index (χ2v) is 9.45. The van der Waals surface area contributed by atoms with Crippen LogP contribution in [0.25, 0.3) is 28.2 Å². The van der Waals surface area contributed by atoms with Crippen molar-refractivity contribution in [2.45, 2.75) is 0 Å². The normalized spacial score (nSPS) is 10.8. The van der Waals surface area contributed by atoms with E-state index < -0.39 is 12.6 Å². The number of benzene rings is 4. The highest BCUT2D eigenvalue weighted by Crippen LogP contribution is 2.24. The number of ether oxygens (including phenoxy) is 1. The molecule has 1 heterocycles. The van der Waals surface area contributed by atoms with Crippen molar-refractivity contribution < 1.29 is 14.3 Å². The van der Waals surface area contributed by atoms with Crippen LogP contribution in [0.3, 0.4) is 0 Å². The van der Waals surface area contributed by atoms with E-state index in [1.54, 1.807) is 41.1 Å². The maximum absolute atomic E-state index is 12.8. The Kier molecular flexibility index (Phi) is 7.25. The zero-order valence-corrected chi connectivity index (χ0v) is 21.7. The summed E-state index contributed by atoms with van der Waals surface area (Å²) in [4.78, 5) is 29.9. The quantitative estimate of drug-likeness (QED) is 0.154. The van der Waals surface area contributed by atoms with Gasteiger partial charge in [0, 0.05) is 20.6 Å². The molecule has 37 heavy (non-hydrogen) atoms. The number of carbonyl (C=O) groups excluding carboxylic acids is 2. The molecule has 0 unspecified atom stereocenters. The molecule has 0 aliphatic heterocycles. The highest BCUT2D eigenvalue weighted by atomic mass is 79.9. The van der Waals surface area contributed by atoms with Crippen LogP contribution in [0.15, 0.2) is 108 Å². The van der Waals surface area contributed by atoms with Crippen molar-refractivity contribution in [3.63, 3.8) is 0 Å². The summed E-state index contributed by atoms with van der Waals surface area (Å²) in [5.41, 5.74) is 3.91. The van der Waals surface area contributed by atoms with E-state index in [1.165, 1.54) is 0 Å². The molecule has 0 aliphatic carbocycles. The molecule has 0 bridgehead atoms. The van der Waals surface area contributed by atoms with Crippen molar-refractivity contribution in [3.8, 4) is 28.2 Å². The SMILES string of the molecule is O=C(COC(=O)c1nc(-c2ccc(Br)cc2)n(-c2ccc(Cl)cc2)n1)c1ccc(-c2ccccc2)cc1. The van der Waals surface area contributed by atoms with Gasteiger partial charge >= 0.3 is 5.97 Å². The van der Waals surface area contributed by atoms with Crippen LogP contribution in [0.1, 0.15) is 21.0 Å². The van der Waals surface area contributed by atoms with Gasteiger partial charge in [0.25, 0.3) is 5.82 Å². The van der Waals surface area contributed by atoms with E-state index in [9.17, 15) is 9.59 Å². The molecule has 0 radical (unpaired) electrons. The standard InChI is InChI=1S/C29H19BrClN3O3/c30-23-12-10-22(11-13-23)28-32-27(33-34(28)25-16-14-24(31)15-17-25)29(36)37-18-26(35)21-8-6-20(7-9-21)19-4-2-1-3-5-19/h1-17H,18H2.